The number of anilines is 2. The van der Waals surface area contributed by atoms with Gasteiger partial charge in [-0.1, -0.05) is 6.92 Å². The Morgan fingerprint density at radius 3 is 2.64 bits per heavy atom. The number of ether oxygens (including phenoxy) is 2. The smallest absolute Gasteiger partial charge is 0.357 e. The summed E-state index contributed by atoms with van der Waals surface area (Å²) in [6.45, 7) is 1.74. The van der Waals surface area contributed by atoms with Crippen molar-refractivity contribution in [3.63, 3.8) is 0 Å². The number of nitrogens with zero attached hydrogens (tertiary/aromatic N) is 2. The van der Waals surface area contributed by atoms with Crippen molar-refractivity contribution in [3.05, 3.63) is 35.7 Å². The molecular formula is C17H18N4O4. The number of esters is 1. The van der Waals surface area contributed by atoms with Crippen molar-refractivity contribution in [1.82, 2.24) is 4.57 Å². The molecule has 0 radical (unpaired) electrons. The monoisotopic (exact) mass is 342 g/mol. The van der Waals surface area contributed by atoms with E-state index in [1.807, 2.05) is 6.07 Å². The predicted molar refractivity (Wildman–Crippen MR) is 91.7 cm³/mol. The van der Waals surface area contributed by atoms with Crippen LogP contribution >= 0.6 is 0 Å². The van der Waals surface area contributed by atoms with Crippen LogP contribution in [0.4, 0.5) is 11.4 Å². The molecule has 2 rings (SSSR count). The molecule has 0 aliphatic heterocycles. The number of amides is 1. The van der Waals surface area contributed by atoms with Gasteiger partial charge in [0.15, 0.2) is 5.69 Å². The summed E-state index contributed by atoms with van der Waals surface area (Å²) in [6.07, 6.45) is 1.78. The van der Waals surface area contributed by atoms with Crippen molar-refractivity contribution >= 4 is 23.3 Å². The highest BCUT2D eigenvalue weighted by Gasteiger charge is 2.22. The van der Waals surface area contributed by atoms with Gasteiger partial charge in [0.2, 0.25) is 5.91 Å². The van der Waals surface area contributed by atoms with Crippen LogP contribution in [-0.4, -0.2) is 30.7 Å². The van der Waals surface area contributed by atoms with Gasteiger partial charge in [-0.2, -0.15) is 5.26 Å². The van der Waals surface area contributed by atoms with E-state index in [0.717, 1.165) is 0 Å². The number of nitrogens with two attached hydrogens (primary N) is 1. The molecule has 3 N–H and O–H groups in total. The summed E-state index contributed by atoms with van der Waals surface area (Å²) in [4.78, 5) is 23.6. The second-order valence-electron chi connectivity index (χ2n) is 5.06. The Bertz CT molecular complexity index is 864. The summed E-state index contributed by atoms with van der Waals surface area (Å²) < 4.78 is 11.5. The van der Waals surface area contributed by atoms with Gasteiger partial charge < -0.3 is 25.1 Å². The zero-order valence-electron chi connectivity index (χ0n) is 14.1. The molecule has 0 aliphatic carbocycles. The third-order valence-corrected chi connectivity index (χ3v) is 3.60. The number of benzene rings is 1. The molecule has 8 nitrogen and oxygen atoms in total. The molecule has 0 unspecified atom stereocenters. The van der Waals surface area contributed by atoms with Crippen LogP contribution in [0.15, 0.2) is 24.4 Å². The summed E-state index contributed by atoms with van der Waals surface area (Å²) >= 11 is 0. The van der Waals surface area contributed by atoms with Crippen LogP contribution in [-0.2, 0) is 9.53 Å². The number of nitrogen functional groups attached to an aromatic ring is 1. The number of carbonyl (C=O) groups excluding carboxylic acids is 2. The fourth-order valence-corrected chi connectivity index (χ4v) is 2.29. The van der Waals surface area contributed by atoms with Crippen LogP contribution in [0.2, 0.25) is 0 Å². The molecule has 0 spiro atoms. The molecule has 0 fully saturated rings. The number of methoxy groups -OCH3 is 2. The average molecular weight is 342 g/mol. The minimum absolute atomic E-state index is 0.0386. The molecule has 0 saturated carbocycles. The fraction of sp³-hybridized carbons (Fsp3) is 0.235. The van der Waals surface area contributed by atoms with Crippen LogP contribution in [0.3, 0.4) is 0 Å². The summed E-state index contributed by atoms with van der Waals surface area (Å²) in [5.74, 6) is -0.416. The highest BCUT2D eigenvalue weighted by atomic mass is 16.5. The summed E-state index contributed by atoms with van der Waals surface area (Å²) in [7, 11) is 2.70. The molecule has 0 saturated heterocycles. The van der Waals surface area contributed by atoms with Crippen molar-refractivity contribution in [1.29, 1.82) is 5.26 Å². The molecule has 1 heterocycles. The first kappa shape index (κ1) is 17.9. The lowest BCUT2D eigenvalue weighted by Crippen LogP contribution is -2.12. The number of nitriles is 1. The Kier molecular flexibility index (Phi) is 5.29. The zero-order valence-corrected chi connectivity index (χ0v) is 14.1. The molecule has 25 heavy (non-hydrogen) atoms. The topological polar surface area (TPSA) is 119 Å². The van der Waals surface area contributed by atoms with Gasteiger partial charge in [-0.15, -0.1) is 0 Å². The van der Waals surface area contributed by atoms with Gasteiger partial charge in [-0.3, -0.25) is 4.79 Å². The van der Waals surface area contributed by atoms with Gasteiger partial charge >= 0.3 is 5.97 Å². The van der Waals surface area contributed by atoms with Crippen LogP contribution in [0.1, 0.15) is 29.4 Å². The van der Waals surface area contributed by atoms with Crippen molar-refractivity contribution < 1.29 is 19.1 Å². The number of carbonyl (C=O) groups is 2. The molecule has 2 aromatic rings. The van der Waals surface area contributed by atoms with Crippen molar-refractivity contribution in [3.8, 4) is 17.5 Å². The van der Waals surface area contributed by atoms with Gasteiger partial charge in [-0.05, 0) is 12.1 Å². The number of hydrogen-bond donors (Lipinski definition) is 2. The van der Waals surface area contributed by atoms with Crippen LogP contribution in [0.25, 0.3) is 5.69 Å². The Balaban J connectivity index is 2.58. The van der Waals surface area contributed by atoms with Crippen LogP contribution < -0.4 is 15.8 Å². The lowest BCUT2D eigenvalue weighted by atomic mass is 10.2. The molecule has 0 aliphatic rings. The van der Waals surface area contributed by atoms with Crippen LogP contribution in [0, 0.1) is 11.3 Å². The first-order valence-corrected chi connectivity index (χ1v) is 7.44. The van der Waals surface area contributed by atoms with Crippen molar-refractivity contribution in [2.75, 3.05) is 25.3 Å². The third-order valence-electron chi connectivity index (χ3n) is 3.60. The lowest BCUT2D eigenvalue weighted by Gasteiger charge is -2.13. The molecule has 8 heteroatoms. The molecule has 0 atom stereocenters. The van der Waals surface area contributed by atoms with Gasteiger partial charge in [0, 0.05) is 24.4 Å². The number of nitrogens with one attached hydrogen (secondary N) is 1. The maximum Gasteiger partial charge on any atom is 0.357 e. The second-order valence-corrected chi connectivity index (χ2v) is 5.06. The number of hydrogen-bond acceptors (Lipinski definition) is 6. The quantitative estimate of drug-likeness (QED) is 0.803. The highest BCUT2D eigenvalue weighted by Crippen LogP contribution is 2.31. The minimum atomic E-state index is -0.665. The predicted octanol–water partition coefficient (Wildman–Crippen LogP) is 2.07. The number of aromatic nitrogens is 1. The Hall–Kier alpha value is -3.47. The largest absolute Gasteiger partial charge is 0.494 e. The van der Waals surface area contributed by atoms with Gasteiger partial charge in [0.1, 0.15) is 11.8 Å². The van der Waals surface area contributed by atoms with E-state index in [4.69, 9.17) is 20.5 Å². The van der Waals surface area contributed by atoms with Crippen molar-refractivity contribution in [2.24, 2.45) is 0 Å². The van der Waals surface area contributed by atoms with E-state index in [9.17, 15) is 9.59 Å². The molecular weight excluding hydrogens is 324 g/mol. The van der Waals surface area contributed by atoms with Crippen molar-refractivity contribution in [2.45, 2.75) is 13.3 Å². The SMILES string of the molecule is CCC(=O)Nc1ccc(-n2cc(C#N)c(N)c2C(=O)OC)cc1OC. The summed E-state index contributed by atoms with van der Waals surface area (Å²) in [5.41, 5.74) is 7.15. The van der Waals surface area contributed by atoms with E-state index in [1.165, 1.54) is 25.0 Å². The zero-order chi connectivity index (χ0) is 18.6. The van der Waals surface area contributed by atoms with Gasteiger partial charge in [-0.25, -0.2) is 4.79 Å². The standard InChI is InChI=1S/C17H18N4O4/c1-4-14(22)20-12-6-5-11(7-13(12)24-2)21-9-10(8-18)15(19)16(21)17(23)25-3/h5-7,9H,4,19H2,1-3H3,(H,20,22). The summed E-state index contributed by atoms with van der Waals surface area (Å²) in [5, 5.41) is 11.9. The molecule has 1 aromatic heterocycles. The first-order chi connectivity index (χ1) is 12.0. The molecule has 1 aromatic carbocycles. The Morgan fingerprint density at radius 2 is 2.08 bits per heavy atom. The second kappa shape index (κ2) is 7.40. The molecule has 1 amide bonds. The third kappa shape index (κ3) is 3.40. The normalized spacial score (nSPS) is 10.0. The maximum atomic E-state index is 12.0. The van der Waals surface area contributed by atoms with E-state index >= 15 is 0 Å². The summed E-state index contributed by atoms with van der Waals surface area (Å²) in [6, 6.07) is 6.87. The number of rotatable bonds is 5. The van der Waals surface area contributed by atoms with Crippen LogP contribution in [0.5, 0.6) is 5.75 Å². The van der Waals surface area contributed by atoms with E-state index < -0.39 is 5.97 Å². The van der Waals surface area contributed by atoms with E-state index in [0.29, 0.717) is 23.5 Å². The minimum Gasteiger partial charge on any atom is -0.494 e. The lowest BCUT2D eigenvalue weighted by molar-refractivity contribution is -0.115. The van der Waals surface area contributed by atoms with E-state index in [2.05, 4.69) is 5.32 Å². The Morgan fingerprint density at radius 1 is 1.36 bits per heavy atom. The average Bonchev–Trinajstić information content (AvgIpc) is 2.97. The van der Waals surface area contributed by atoms with E-state index in [-0.39, 0.29) is 22.9 Å². The highest BCUT2D eigenvalue weighted by molar-refractivity contribution is 5.96. The Labute approximate surface area is 144 Å². The molecule has 130 valence electrons. The van der Waals surface area contributed by atoms with E-state index in [1.54, 1.807) is 25.1 Å². The van der Waals surface area contributed by atoms with Gasteiger partial charge in [0.05, 0.1) is 31.2 Å². The maximum absolute atomic E-state index is 12.0. The first-order valence-electron chi connectivity index (χ1n) is 7.44. The van der Waals surface area contributed by atoms with Gasteiger partial charge in [0.25, 0.3) is 0 Å². The molecule has 0 bridgehead atoms. The fourth-order valence-electron chi connectivity index (χ4n) is 2.29.